The Morgan fingerprint density at radius 2 is 1.70 bits per heavy atom. The molecule has 0 radical (unpaired) electrons. The number of hydrogen-bond acceptors (Lipinski definition) is 6. The van der Waals surface area contributed by atoms with Crippen molar-refractivity contribution in [3.05, 3.63) is 65.7 Å². The Labute approximate surface area is 193 Å². The van der Waals surface area contributed by atoms with Gasteiger partial charge >= 0.3 is 5.97 Å². The van der Waals surface area contributed by atoms with E-state index in [1.807, 2.05) is 30.3 Å². The van der Waals surface area contributed by atoms with E-state index in [1.165, 1.54) is 6.21 Å². The molecule has 0 heterocycles. The van der Waals surface area contributed by atoms with Crippen molar-refractivity contribution in [1.29, 1.82) is 0 Å². The minimum atomic E-state index is -0.636. The van der Waals surface area contributed by atoms with Gasteiger partial charge in [-0.3, -0.25) is 14.4 Å². The molecule has 1 fully saturated rings. The highest BCUT2D eigenvalue weighted by Crippen LogP contribution is 2.39. The quantitative estimate of drug-likeness (QED) is 0.247. The number of rotatable bonds is 8. The van der Waals surface area contributed by atoms with Gasteiger partial charge in [0.2, 0.25) is 11.8 Å². The summed E-state index contributed by atoms with van der Waals surface area (Å²) in [6.07, 6.45) is 1.98. The predicted octanol–water partition coefficient (Wildman–Crippen LogP) is 2.80. The van der Waals surface area contributed by atoms with E-state index in [4.69, 9.17) is 10.6 Å². The summed E-state index contributed by atoms with van der Waals surface area (Å²) < 4.78 is 5.54. The molecule has 0 bridgehead atoms. The fourth-order valence-electron chi connectivity index (χ4n) is 3.48. The zero-order valence-electron chi connectivity index (χ0n) is 19.1. The number of ether oxygens (including phenoxy) is 1. The second-order valence-corrected chi connectivity index (χ2v) is 9.08. The Hall–Kier alpha value is -3.68. The highest BCUT2D eigenvalue weighted by Gasteiger charge is 2.48. The Bertz CT molecular complexity index is 1010. The smallest absolute Gasteiger partial charge is 0.315 e. The van der Waals surface area contributed by atoms with Crippen LogP contribution in [0.5, 0.6) is 0 Å². The Balaban J connectivity index is 1.55. The molecule has 2 aromatic rings. The molecule has 8 nitrogen and oxygen atoms in total. The van der Waals surface area contributed by atoms with Crippen LogP contribution in [-0.4, -0.2) is 36.1 Å². The van der Waals surface area contributed by atoms with Crippen molar-refractivity contribution >= 4 is 29.7 Å². The summed E-state index contributed by atoms with van der Waals surface area (Å²) in [5, 5.41) is 9.11. The number of benzene rings is 2. The van der Waals surface area contributed by atoms with Gasteiger partial charge in [0, 0.05) is 12.2 Å². The van der Waals surface area contributed by atoms with Gasteiger partial charge in [-0.1, -0.05) is 42.5 Å². The van der Waals surface area contributed by atoms with Crippen molar-refractivity contribution in [2.75, 3.05) is 11.9 Å². The zero-order chi connectivity index (χ0) is 24.0. The number of carbonyl (C=O) groups is 3. The summed E-state index contributed by atoms with van der Waals surface area (Å²) >= 11 is 0. The third-order valence-electron chi connectivity index (χ3n) is 5.24. The van der Waals surface area contributed by atoms with Gasteiger partial charge in [0.1, 0.15) is 5.60 Å². The van der Waals surface area contributed by atoms with E-state index in [-0.39, 0.29) is 18.4 Å². The van der Waals surface area contributed by atoms with Crippen LogP contribution in [-0.2, 0) is 19.1 Å². The molecule has 2 amide bonds. The molecule has 0 aliphatic heterocycles. The van der Waals surface area contributed by atoms with Crippen LogP contribution in [0.15, 0.2) is 59.7 Å². The van der Waals surface area contributed by atoms with Crippen LogP contribution in [0.4, 0.5) is 5.69 Å². The molecule has 174 valence electrons. The molecule has 3 unspecified atom stereocenters. The molecule has 1 aliphatic rings. The lowest BCUT2D eigenvalue weighted by Crippen LogP contribution is -2.36. The summed E-state index contributed by atoms with van der Waals surface area (Å²) in [7, 11) is 0. The lowest BCUT2D eigenvalue weighted by molar-refractivity contribution is -0.156. The van der Waals surface area contributed by atoms with E-state index in [1.54, 1.807) is 45.0 Å². The molecule has 3 atom stereocenters. The van der Waals surface area contributed by atoms with Gasteiger partial charge in [0.25, 0.3) is 0 Å². The predicted molar refractivity (Wildman–Crippen MR) is 126 cm³/mol. The number of esters is 1. The molecule has 1 saturated carbocycles. The number of amides is 2. The van der Waals surface area contributed by atoms with Crippen LogP contribution in [0.1, 0.15) is 44.2 Å². The van der Waals surface area contributed by atoms with E-state index >= 15 is 0 Å². The first kappa shape index (κ1) is 24.0. The molecule has 2 aromatic carbocycles. The molecule has 1 aliphatic carbocycles. The Kier molecular flexibility index (Phi) is 7.48. The first-order chi connectivity index (χ1) is 15.7. The third kappa shape index (κ3) is 6.90. The Morgan fingerprint density at radius 1 is 1.06 bits per heavy atom. The van der Waals surface area contributed by atoms with Crippen LogP contribution >= 0.6 is 0 Å². The van der Waals surface area contributed by atoms with Crippen molar-refractivity contribution in [2.24, 2.45) is 22.8 Å². The normalized spacial score (nSPS) is 18.4. The largest absolute Gasteiger partial charge is 0.459 e. The maximum atomic E-state index is 12.7. The van der Waals surface area contributed by atoms with Crippen molar-refractivity contribution in [3.63, 3.8) is 0 Å². The second kappa shape index (κ2) is 10.3. The highest BCUT2D eigenvalue weighted by molar-refractivity contribution is 5.99. The molecular weight excluding hydrogens is 420 g/mol. The number of hydrogen-bond donors (Lipinski definition) is 3. The van der Waals surface area contributed by atoms with Gasteiger partial charge < -0.3 is 21.2 Å². The average molecular weight is 451 g/mol. The summed E-state index contributed by atoms with van der Waals surface area (Å²) in [4.78, 5) is 37.9. The molecule has 8 heteroatoms. The van der Waals surface area contributed by atoms with Gasteiger partial charge in [-0.15, -0.1) is 0 Å². The van der Waals surface area contributed by atoms with Crippen molar-refractivity contribution in [3.8, 4) is 0 Å². The fraction of sp³-hybridized carbons (Fsp3) is 0.360. The van der Waals surface area contributed by atoms with Crippen molar-refractivity contribution in [1.82, 2.24) is 5.32 Å². The Morgan fingerprint density at radius 3 is 2.30 bits per heavy atom. The van der Waals surface area contributed by atoms with E-state index in [9.17, 15) is 14.4 Å². The molecule has 33 heavy (non-hydrogen) atoms. The lowest BCUT2D eigenvalue weighted by Gasteiger charge is -2.24. The molecule has 0 saturated heterocycles. The van der Waals surface area contributed by atoms with Crippen LogP contribution in [0.3, 0.4) is 0 Å². The summed E-state index contributed by atoms with van der Waals surface area (Å²) in [5.74, 6) is 2.84. The van der Waals surface area contributed by atoms with Crippen molar-refractivity contribution < 1.29 is 19.1 Å². The zero-order valence-corrected chi connectivity index (χ0v) is 19.1. The molecular formula is C25H30N4O4. The van der Waals surface area contributed by atoms with Crippen LogP contribution < -0.4 is 16.5 Å². The summed E-state index contributed by atoms with van der Waals surface area (Å²) in [5.41, 5.74) is 1.58. The van der Waals surface area contributed by atoms with Crippen LogP contribution in [0.25, 0.3) is 0 Å². The number of anilines is 1. The van der Waals surface area contributed by atoms with Gasteiger partial charge in [-0.25, -0.2) is 0 Å². The molecule has 0 aromatic heterocycles. The summed E-state index contributed by atoms with van der Waals surface area (Å²) in [6.45, 7) is 5.52. The fourth-order valence-corrected chi connectivity index (χ4v) is 3.48. The van der Waals surface area contributed by atoms with E-state index in [0.717, 1.165) is 11.1 Å². The van der Waals surface area contributed by atoms with Crippen LogP contribution in [0.2, 0.25) is 0 Å². The molecule has 3 rings (SSSR count). The lowest BCUT2D eigenvalue weighted by atomic mass is 9.98. The topological polar surface area (TPSA) is 123 Å². The first-order valence-electron chi connectivity index (χ1n) is 10.9. The van der Waals surface area contributed by atoms with Gasteiger partial charge in [0.15, 0.2) is 0 Å². The monoisotopic (exact) mass is 450 g/mol. The van der Waals surface area contributed by atoms with Crippen LogP contribution in [0, 0.1) is 11.8 Å². The maximum Gasteiger partial charge on any atom is 0.315 e. The number of nitrogens with zero attached hydrogens (tertiary/aromatic N) is 1. The second-order valence-electron chi connectivity index (χ2n) is 9.08. The van der Waals surface area contributed by atoms with E-state index < -0.39 is 29.3 Å². The van der Waals surface area contributed by atoms with Crippen molar-refractivity contribution in [2.45, 2.75) is 38.7 Å². The van der Waals surface area contributed by atoms with Gasteiger partial charge in [-0.2, -0.15) is 5.10 Å². The number of carbonyl (C=O) groups excluding carboxylic acids is 3. The average Bonchev–Trinajstić information content (AvgIpc) is 3.56. The maximum absolute atomic E-state index is 12.7. The van der Waals surface area contributed by atoms with Gasteiger partial charge in [0.05, 0.1) is 24.0 Å². The number of nitrogens with two attached hydrogens (primary N) is 1. The van der Waals surface area contributed by atoms with Gasteiger partial charge in [-0.05, 0) is 50.5 Å². The minimum absolute atomic E-state index is 0.104. The first-order valence-corrected chi connectivity index (χ1v) is 10.9. The third-order valence-corrected chi connectivity index (χ3v) is 5.24. The summed E-state index contributed by atoms with van der Waals surface area (Å²) in [6, 6.07) is 16.3. The van der Waals surface area contributed by atoms with E-state index in [0.29, 0.717) is 12.1 Å². The highest BCUT2D eigenvalue weighted by atomic mass is 16.6. The minimum Gasteiger partial charge on any atom is -0.459 e. The SMILES string of the molecule is CC(C)(C)OC(=O)C(CNC(=O)C1CC1C(=O)Nc1ccc(C=NN)cc1)c1ccccc1. The molecule has 0 spiro atoms. The number of hydrazone groups is 1. The standard InChI is InChI=1S/C25H30N4O4/c1-25(2,3)33-24(32)21(17-7-5-4-6-8-17)15-27-22(30)19-13-20(19)23(31)29-18-11-9-16(10-12-18)14-28-26/h4-12,14,19-21H,13,15,26H2,1-3H3,(H,27,30)(H,29,31). The number of nitrogens with one attached hydrogen (secondary N) is 2. The van der Waals surface area contributed by atoms with E-state index in [2.05, 4.69) is 15.7 Å². The molecule has 4 N–H and O–H groups in total.